The molecule has 0 aliphatic rings. The summed E-state index contributed by atoms with van der Waals surface area (Å²) in [7, 11) is 2.98. The lowest BCUT2D eigenvalue weighted by Gasteiger charge is -2.09. The van der Waals surface area contributed by atoms with Crippen molar-refractivity contribution >= 4 is 29.3 Å². The standard InChI is InChI=1S/C19H20ClN3O5/c1-26-15-8-5-13(11-16(15)27-2)19(25)22-10-9-17(24)28-23-18(21)12-3-6-14(20)7-4-12/h3-8,11H,9-10H2,1-2H3,(H2,21,23)(H,22,25). The van der Waals surface area contributed by atoms with E-state index >= 15 is 0 Å². The maximum absolute atomic E-state index is 12.2. The van der Waals surface area contributed by atoms with Crippen molar-refractivity contribution in [2.24, 2.45) is 10.9 Å². The smallest absolute Gasteiger partial charge is 0.336 e. The number of methoxy groups -OCH3 is 2. The summed E-state index contributed by atoms with van der Waals surface area (Å²) >= 11 is 5.79. The molecule has 0 bridgehead atoms. The molecule has 0 heterocycles. The Balaban J connectivity index is 1.82. The number of hydrogen-bond donors (Lipinski definition) is 2. The highest BCUT2D eigenvalue weighted by molar-refractivity contribution is 6.30. The van der Waals surface area contributed by atoms with E-state index in [2.05, 4.69) is 10.5 Å². The minimum Gasteiger partial charge on any atom is -0.493 e. The molecule has 3 N–H and O–H groups in total. The number of nitrogens with zero attached hydrogens (tertiary/aromatic N) is 1. The molecule has 0 spiro atoms. The average molecular weight is 406 g/mol. The second kappa shape index (κ2) is 10.2. The first-order valence-corrected chi connectivity index (χ1v) is 8.62. The van der Waals surface area contributed by atoms with E-state index in [1.165, 1.54) is 14.2 Å². The molecule has 0 aliphatic carbocycles. The van der Waals surface area contributed by atoms with Gasteiger partial charge in [-0.3, -0.25) is 4.79 Å². The number of carbonyl (C=O) groups excluding carboxylic acids is 2. The first-order valence-electron chi connectivity index (χ1n) is 8.24. The van der Waals surface area contributed by atoms with Crippen LogP contribution in [0, 0.1) is 0 Å². The Morgan fingerprint density at radius 3 is 2.32 bits per heavy atom. The number of amides is 1. The minimum absolute atomic E-state index is 0.0411. The predicted molar refractivity (Wildman–Crippen MR) is 105 cm³/mol. The number of halogens is 1. The summed E-state index contributed by atoms with van der Waals surface area (Å²) in [6.07, 6.45) is -0.0730. The van der Waals surface area contributed by atoms with Crippen LogP contribution in [-0.2, 0) is 9.63 Å². The van der Waals surface area contributed by atoms with Crippen LogP contribution >= 0.6 is 11.6 Å². The van der Waals surface area contributed by atoms with Gasteiger partial charge in [0.05, 0.1) is 20.6 Å². The van der Waals surface area contributed by atoms with Gasteiger partial charge in [0.25, 0.3) is 5.91 Å². The summed E-state index contributed by atoms with van der Waals surface area (Å²) in [5.74, 6) is -0.0119. The zero-order valence-corrected chi connectivity index (χ0v) is 16.2. The second-order valence-electron chi connectivity index (χ2n) is 5.52. The fraction of sp³-hybridized carbons (Fsp3) is 0.211. The van der Waals surface area contributed by atoms with Crippen LogP contribution in [0.2, 0.25) is 5.02 Å². The van der Waals surface area contributed by atoms with Gasteiger partial charge < -0.3 is 25.4 Å². The Labute approximate surface area is 167 Å². The molecule has 28 heavy (non-hydrogen) atoms. The van der Waals surface area contributed by atoms with E-state index in [-0.39, 0.29) is 24.7 Å². The second-order valence-corrected chi connectivity index (χ2v) is 5.96. The van der Waals surface area contributed by atoms with Gasteiger partial charge in [0.15, 0.2) is 17.3 Å². The molecule has 0 saturated heterocycles. The van der Waals surface area contributed by atoms with Gasteiger partial charge in [0, 0.05) is 22.7 Å². The molecule has 1 amide bonds. The van der Waals surface area contributed by atoms with Gasteiger partial charge in [-0.25, -0.2) is 4.79 Å². The summed E-state index contributed by atoms with van der Waals surface area (Å²) in [6, 6.07) is 11.3. The van der Waals surface area contributed by atoms with Crippen molar-refractivity contribution in [1.29, 1.82) is 0 Å². The molecule has 2 rings (SSSR count). The molecular weight excluding hydrogens is 386 g/mol. The first-order chi connectivity index (χ1) is 13.4. The number of rotatable bonds is 8. The molecular formula is C19H20ClN3O5. The van der Waals surface area contributed by atoms with E-state index in [9.17, 15) is 9.59 Å². The number of nitrogens with one attached hydrogen (secondary N) is 1. The SMILES string of the molecule is COc1ccc(C(=O)NCCC(=O)O/N=C(\N)c2ccc(Cl)cc2)cc1OC. The third kappa shape index (κ3) is 5.88. The van der Waals surface area contributed by atoms with Crippen molar-refractivity contribution in [2.75, 3.05) is 20.8 Å². The minimum atomic E-state index is -0.635. The lowest BCUT2D eigenvalue weighted by molar-refractivity contribution is -0.143. The Morgan fingerprint density at radius 2 is 1.68 bits per heavy atom. The molecule has 9 heteroatoms. The van der Waals surface area contributed by atoms with Crippen molar-refractivity contribution < 1.29 is 23.9 Å². The topological polar surface area (TPSA) is 112 Å². The van der Waals surface area contributed by atoms with Gasteiger partial charge in [-0.2, -0.15) is 0 Å². The Morgan fingerprint density at radius 1 is 1.04 bits per heavy atom. The Hall–Kier alpha value is -3.26. The normalized spacial score (nSPS) is 10.9. The summed E-state index contributed by atoms with van der Waals surface area (Å²) in [5.41, 5.74) is 6.67. The fourth-order valence-electron chi connectivity index (χ4n) is 2.18. The Kier molecular flexibility index (Phi) is 7.65. The number of benzene rings is 2. The summed E-state index contributed by atoms with van der Waals surface area (Å²) < 4.78 is 10.3. The van der Waals surface area contributed by atoms with E-state index in [1.807, 2.05) is 0 Å². The molecule has 8 nitrogen and oxygen atoms in total. The van der Waals surface area contributed by atoms with E-state index in [0.717, 1.165) is 0 Å². The molecule has 2 aromatic carbocycles. The summed E-state index contributed by atoms with van der Waals surface area (Å²) in [5, 5.41) is 6.75. The van der Waals surface area contributed by atoms with Gasteiger partial charge >= 0.3 is 5.97 Å². The summed E-state index contributed by atoms with van der Waals surface area (Å²) in [6.45, 7) is 0.0718. The van der Waals surface area contributed by atoms with E-state index < -0.39 is 5.97 Å². The molecule has 0 aromatic heterocycles. The number of hydrogen-bond acceptors (Lipinski definition) is 6. The van der Waals surface area contributed by atoms with Crippen LogP contribution in [0.5, 0.6) is 11.5 Å². The van der Waals surface area contributed by atoms with Crippen molar-refractivity contribution in [2.45, 2.75) is 6.42 Å². The molecule has 0 fully saturated rings. The van der Waals surface area contributed by atoms with E-state index in [4.69, 9.17) is 31.6 Å². The molecule has 0 radical (unpaired) electrons. The number of amidine groups is 1. The van der Waals surface area contributed by atoms with E-state index in [1.54, 1.807) is 42.5 Å². The zero-order chi connectivity index (χ0) is 20.5. The summed E-state index contributed by atoms with van der Waals surface area (Å²) in [4.78, 5) is 28.6. The highest BCUT2D eigenvalue weighted by Gasteiger charge is 2.11. The van der Waals surface area contributed by atoms with Gasteiger partial charge in [-0.05, 0) is 42.5 Å². The van der Waals surface area contributed by atoms with Gasteiger partial charge in [-0.1, -0.05) is 16.8 Å². The third-order valence-electron chi connectivity index (χ3n) is 3.65. The van der Waals surface area contributed by atoms with Crippen LogP contribution in [0.4, 0.5) is 0 Å². The Bertz CT molecular complexity index is 868. The number of ether oxygens (including phenoxy) is 2. The third-order valence-corrected chi connectivity index (χ3v) is 3.90. The maximum atomic E-state index is 12.2. The van der Waals surface area contributed by atoms with Crippen molar-refractivity contribution in [3.8, 4) is 11.5 Å². The number of carbonyl (C=O) groups is 2. The highest BCUT2D eigenvalue weighted by atomic mass is 35.5. The number of nitrogens with two attached hydrogens (primary N) is 1. The fourth-order valence-corrected chi connectivity index (χ4v) is 2.30. The van der Waals surface area contributed by atoms with E-state index in [0.29, 0.717) is 27.6 Å². The molecule has 0 saturated carbocycles. The monoisotopic (exact) mass is 405 g/mol. The van der Waals surface area contributed by atoms with Crippen LogP contribution in [0.3, 0.4) is 0 Å². The molecule has 0 atom stereocenters. The maximum Gasteiger partial charge on any atom is 0.336 e. The first kappa shape index (κ1) is 21.0. The lowest BCUT2D eigenvalue weighted by Crippen LogP contribution is -2.26. The largest absolute Gasteiger partial charge is 0.493 e. The zero-order valence-electron chi connectivity index (χ0n) is 15.4. The van der Waals surface area contributed by atoms with Gasteiger partial charge in [0.1, 0.15) is 0 Å². The van der Waals surface area contributed by atoms with Crippen LogP contribution in [0.15, 0.2) is 47.6 Å². The lowest BCUT2D eigenvalue weighted by atomic mass is 10.2. The molecule has 0 unspecified atom stereocenters. The van der Waals surface area contributed by atoms with Gasteiger partial charge in [0.2, 0.25) is 0 Å². The van der Waals surface area contributed by atoms with Crippen LogP contribution in [0.1, 0.15) is 22.3 Å². The van der Waals surface area contributed by atoms with Crippen LogP contribution < -0.4 is 20.5 Å². The molecule has 0 aliphatic heterocycles. The molecule has 2 aromatic rings. The van der Waals surface area contributed by atoms with Crippen molar-refractivity contribution in [1.82, 2.24) is 5.32 Å². The van der Waals surface area contributed by atoms with Gasteiger partial charge in [-0.15, -0.1) is 0 Å². The van der Waals surface area contributed by atoms with Crippen molar-refractivity contribution in [3.05, 3.63) is 58.6 Å². The average Bonchev–Trinajstić information content (AvgIpc) is 2.71. The molecule has 148 valence electrons. The highest BCUT2D eigenvalue weighted by Crippen LogP contribution is 2.27. The van der Waals surface area contributed by atoms with Crippen molar-refractivity contribution in [3.63, 3.8) is 0 Å². The van der Waals surface area contributed by atoms with Crippen LogP contribution in [-0.4, -0.2) is 38.5 Å². The van der Waals surface area contributed by atoms with Crippen LogP contribution in [0.25, 0.3) is 0 Å². The quantitative estimate of drug-likeness (QED) is 0.302. The predicted octanol–water partition coefficient (Wildman–Crippen LogP) is 2.34. The number of oxime groups is 1.